The number of nitrogens with zero attached hydrogens (tertiary/aromatic N) is 1. The molecule has 0 aromatic rings. The second-order valence-corrected chi connectivity index (χ2v) is 4.81. The molecule has 5 heteroatoms. The maximum Gasteiger partial charge on any atom is 0.242 e. The normalized spacial score (nSPS) is 21.4. The number of carbonyl (C=O) groups excluding carboxylic acids is 3. The average Bonchev–Trinajstić information content (AvgIpc) is 2.54. The number of hydrogen-bond acceptors (Lipinski definition) is 4. The zero-order valence-electron chi connectivity index (χ0n) is 10.4. The third-order valence-electron chi connectivity index (χ3n) is 2.65. The summed E-state index contributed by atoms with van der Waals surface area (Å²) in [6.07, 6.45) is 3.99. The minimum atomic E-state index is -0.555. The van der Waals surface area contributed by atoms with Gasteiger partial charge in [0.2, 0.25) is 11.8 Å². The molecule has 1 aliphatic heterocycles. The van der Waals surface area contributed by atoms with E-state index in [1.54, 1.807) is 0 Å². The summed E-state index contributed by atoms with van der Waals surface area (Å²) >= 11 is 1.41. The number of likely N-dealkylation sites (tertiary alicyclic amines) is 1. The van der Waals surface area contributed by atoms with E-state index in [1.165, 1.54) is 16.7 Å². The van der Waals surface area contributed by atoms with E-state index in [9.17, 15) is 14.4 Å². The van der Waals surface area contributed by atoms with Gasteiger partial charge in [0, 0.05) is 19.4 Å². The van der Waals surface area contributed by atoms with Crippen LogP contribution in [0.1, 0.15) is 33.5 Å². The van der Waals surface area contributed by atoms with Crippen LogP contribution in [0.4, 0.5) is 0 Å². The van der Waals surface area contributed by atoms with Gasteiger partial charge in [-0.2, -0.15) is 11.8 Å². The number of aldehydes is 1. The number of hydrogen-bond donors (Lipinski definition) is 0. The maximum atomic E-state index is 11.7. The number of unbranched alkanes of at least 4 members (excludes halogenated alkanes) is 2. The van der Waals surface area contributed by atoms with E-state index in [0.29, 0.717) is 25.8 Å². The van der Waals surface area contributed by atoms with E-state index < -0.39 is 6.26 Å². The standard InChI is InChI=1S/C11H17NO3S/c1-16-9-8-10(14)12(11(9)15)6-4-2-3-5-7-13/h7,9H,2-6,8H2,1H3/i7D. The molecule has 4 nitrogen and oxygen atoms in total. The summed E-state index contributed by atoms with van der Waals surface area (Å²) in [6, 6.07) is 0. The summed E-state index contributed by atoms with van der Waals surface area (Å²) in [5, 5.41) is -0.211. The number of rotatable bonds is 7. The van der Waals surface area contributed by atoms with Gasteiger partial charge in [0.15, 0.2) is 0 Å². The zero-order valence-corrected chi connectivity index (χ0v) is 10.2. The maximum absolute atomic E-state index is 11.7. The molecular formula is C11H17NO3S. The molecule has 0 saturated carbocycles. The van der Waals surface area contributed by atoms with Crippen molar-refractivity contribution in [2.75, 3.05) is 12.8 Å². The van der Waals surface area contributed by atoms with Gasteiger partial charge in [0.1, 0.15) is 7.63 Å². The first kappa shape index (κ1) is 11.6. The Morgan fingerprint density at radius 2 is 2.25 bits per heavy atom. The average molecular weight is 244 g/mol. The topological polar surface area (TPSA) is 54.5 Å². The molecule has 0 aliphatic carbocycles. The quantitative estimate of drug-likeness (QED) is 0.384. The number of carbonyl (C=O) groups is 3. The van der Waals surface area contributed by atoms with Crippen LogP contribution < -0.4 is 0 Å². The SMILES string of the molecule is [2H]C(=O)CCCCCN1C(=O)CC(SC)C1=O. The molecule has 1 aliphatic rings. The monoisotopic (exact) mass is 244 g/mol. The third kappa shape index (κ3) is 3.33. The Labute approximate surface area is 101 Å². The van der Waals surface area contributed by atoms with Crippen LogP contribution in [-0.2, 0) is 14.4 Å². The molecule has 90 valence electrons. The summed E-state index contributed by atoms with van der Waals surface area (Å²) in [4.78, 5) is 35.0. The van der Waals surface area contributed by atoms with E-state index >= 15 is 0 Å². The van der Waals surface area contributed by atoms with E-state index in [1.807, 2.05) is 6.26 Å². The van der Waals surface area contributed by atoms with Crippen LogP contribution in [-0.4, -0.2) is 41.0 Å². The molecule has 0 spiro atoms. The first-order valence-corrected chi connectivity index (χ1v) is 6.71. The zero-order chi connectivity index (χ0) is 12.8. The Morgan fingerprint density at radius 3 is 2.81 bits per heavy atom. The van der Waals surface area contributed by atoms with Crippen molar-refractivity contribution in [1.29, 1.82) is 0 Å². The molecule has 0 bridgehead atoms. The number of amides is 2. The van der Waals surface area contributed by atoms with Gasteiger partial charge < -0.3 is 4.79 Å². The molecule has 2 amide bonds. The van der Waals surface area contributed by atoms with E-state index in [-0.39, 0.29) is 23.5 Å². The van der Waals surface area contributed by atoms with Crippen LogP contribution in [0.2, 0.25) is 0 Å². The van der Waals surface area contributed by atoms with Gasteiger partial charge in [-0.1, -0.05) is 6.42 Å². The van der Waals surface area contributed by atoms with Crippen LogP contribution in [0, 0.1) is 0 Å². The molecule has 1 fully saturated rings. The van der Waals surface area contributed by atoms with Crippen molar-refractivity contribution in [3.05, 3.63) is 0 Å². The number of thioether (sulfide) groups is 1. The van der Waals surface area contributed by atoms with Crippen molar-refractivity contribution in [2.45, 2.75) is 37.4 Å². The molecule has 0 radical (unpaired) electrons. The predicted molar refractivity (Wildman–Crippen MR) is 63.2 cm³/mol. The molecule has 0 aromatic carbocycles. The van der Waals surface area contributed by atoms with Crippen molar-refractivity contribution >= 4 is 29.8 Å². The molecule has 0 N–H and O–H groups in total. The summed E-state index contributed by atoms with van der Waals surface area (Å²) in [6.45, 7) is 0.445. The highest BCUT2D eigenvalue weighted by atomic mass is 32.2. The summed E-state index contributed by atoms with van der Waals surface area (Å²) < 4.78 is 6.74. The number of imide groups is 1. The van der Waals surface area contributed by atoms with Crippen molar-refractivity contribution in [3.8, 4) is 0 Å². The van der Waals surface area contributed by atoms with Crippen molar-refractivity contribution in [2.24, 2.45) is 0 Å². The van der Waals surface area contributed by atoms with Crippen molar-refractivity contribution < 1.29 is 15.8 Å². The van der Waals surface area contributed by atoms with E-state index in [4.69, 9.17) is 1.37 Å². The Kier molecular flexibility index (Phi) is 4.86. The lowest BCUT2D eigenvalue weighted by Crippen LogP contribution is -2.32. The molecule has 16 heavy (non-hydrogen) atoms. The van der Waals surface area contributed by atoms with Crippen LogP contribution >= 0.6 is 11.8 Å². The highest BCUT2D eigenvalue weighted by molar-refractivity contribution is 8.00. The molecule has 1 rings (SSSR count). The van der Waals surface area contributed by atoms with Crippen LogP contribution in [0.15, 0.2) is 0 Å². The molecule has 1 heterocycles. The summed E-state index contributed by atoms with van der Waals surface area (Å²) in [5.74, 6) is -0.176. The van der Waals surface area contributed by atoms with Crippen LogP contribution in [0.25, 0.3) is 0 Å². The fraction of sp³-hybridized carbons (Fsp3) is 0.727. The molecule has 1 saturated heterocycles. The van der Waals surface area contributed by atoms with Crippen LogP contribution in [0.3, 0.4) is 0 Å². The Bertz CT molecular complexity index is 322. The van der Waals surface area contributed by atoms with E-state index in [2.05, 4.69) is 0 Å². The van der Waals surface area contributed by atoms with Gasteiger partial charge in [0.25, 0.3) is 0 Å². The summed E-state index contributed by atoms with van der Waals surface area (Å²) in [7, 11) is 0. The first-order valence-electron chi connectivity index (χ1n) is 5.92. The van der Waals surface area contributed by atoms with Gasteiger partial charge in [0.05, 0.1) is 5.25 Å². The predicted octanol–water partition coefficient (Wildman–Crippen LogP) is 1.24. The van der Waals surface area contributed by atoms with Crippen molar-refractivity contribution in [3.63, 3.8) is 0 Å². The van der Waals surface area contributed by atoms with Gasteiger partial charge in [-0.3, -0.25) is 14.5 Å². The first-order chi connectivity index (χ1) is 8.06. The largest absolute Gasteiger partial charge is 0.303 e. The minimum Gasteiger partial charge on any atom is -0.303 e. The van der Waals surface area contributed by atoms with Crippen molar-refractivity contribution in [1.82, 2.24) is 4.90 Å². The molecule has 1 atom stereocenters. The molecular weight excluding hydrogens is 226 g/mol. The van der Waals surface area contributed by atoms with Gasteiger partial charge in [-0.15, -0.1) is 0 Å². The Balaban J connectivity index is 2.25. The van der Waals surface area contributed by atoms with Gasteiger partial charge in [-0.25, -0.2) is 0 Å². The Hall–Kier alpha value is -0.840. The highest BCUT2D eigenvalue weighted by Crippen LogP contribution is 2.23. The smallest absolute Gasteiger partial charge is 0.242 e. The lowest BCUT2D eigenvalue weighted by molar-refractivity contribution is -0.138. The minimum absolute atomic E-state index is 0.0842. The third-order valence-corrected chi connectivity index (χ3v) is 3.58. The van der Waals surface area contributed by atoms with Gasteiger partial charge in [-0.05, 0) is 19.1 Å². The van der Waals surface area contributed by atoms with Crippen LogP contribution in [0.5, 0.6) is 0 Å². The fourth-order valence-electron chi connectivity index (χ4n) is 1.72. The van der Waals surface area contributed by atoms with Gasteiger partial charge >= 0.3 is 0 Å². The fourth-order valence-corrected chi connectivity index (χ4v) is 2.35. The molecule has 1 unspecified atom stereocenters. The summed E-state index contributed by atoms with van der Waals surface area (Å²) in [5.41, 5.74) is 0. The highest BCUT2D eigenvalue weighted by Gasteiger charge is 2.37. The second kappa shape index (κ2) is 6.68. The van der Waals surface area contributed by atoms with E-state index in [0.717, 1.165) is 6.42 Å². The lowest BCUT2D eigenvalue weighted by atomic mass is 10.2. The molecule has 0 aromatic heterocycles. The Morgan fingerprint density at radius 1 is 1.50 bits per heavy atom. The lowest BCUT2D eigenvalue weighted by Gasteiger charge is -2.13. The second-order valence-electron chi connectivity index (χ2n) is 3.77.